The number of rotatable bonds is 4. The van der Waals surface area contributed by atoms with Crippen LogP contribution in [0.25, 0.3) is 0 Å². The van der Waals surface area contributed by atoms with Gasteiger partial charge in [-0.1, -0.05) is 18.2 Å². The van der Waals surface area contributed by atoms with Gasteiger partial charge in [0.15, 0.2) is 0 Å². The maximum Gasteiger partial charge on any atom is 0.270 e. The molecule has 1 saturated heterocycles. The summed E-state index contributed by atoms with van der Waals surface area (Å²) in [6.45, 7) is 6.65. The number of ether oxygens (including phenoxy) is 1. The van der Waals surface area contributed by atoms with Gasteiger partial charge in [-0.2, -0.15) is 5.10 Å². The van der Waals surface area contributed by atoms with Crippen LogP contribution in [0.3, 0.4) is 0 Å². The minimum Gasteiger partial charge on any atom is -0.497 e. The molecule has 2 aliphatic heterocycles. The molecule has 0 saturated carbocycles. The molecule has 0 spiro atoms. The molecule has 2 aliphatic rings. The molecule has 0 N–H and O–H groups in total. The Morgan fingerprint density at radius 2 is 1.77 bits per heavy atom. The van der Waals surface area contributed by atoms with Gasteiger partial charge < -0.3 is 14.5 Å². The fourth-order valence-corrected chi connectivity index (χ4v) is 4.00. The van der Waals surface area contributed by atoms with E-state index in [9.17, 15) is 9.59 Å². The minimum absolute atomic E-state index is 0.0758. The average Bonchev–Trinajstić information content (AvgIpc) is 2.81. The van der Waals surface area contributed by atoms with E-state index in [1.165, 1.54) is 5.01 Å². The third kappa shape index (κ3) is 4.40. The number of hydrazone groups is 1. The van der Waals surface area contributed by atoms with Crippen molar-refractivity contribution < 1.29 is 14.3 Å². The third-order valence-corrected chi connectivity index (χ3v) is 5.86. The van der Waals surface area contributed by atoms with E-state index < -0.39 is 0 Å². The number of piperazine rings is 1. The van der Waals surface area contributed by atoms with Gasteiger partial charge in [-0.25, -0.2) is 5.01 Å². The van der Waals surface area contributed by atoms with Crippen molar-refractivity contribution in [1.82, 2.24) is 4.90 Å². The van der Waals surface area contributed by atoms with E-state index in [2.05, 4.69) is 16.1 Å². The number of carbonyl (C=O) groups excluding carboxylic acids is 2. The highest BCUT2D eigenvalue weighted by Crippen LogP contribution is 2.26. The van der Waals surface area contributed by atoms with Gasteiger partial charge in [-0.3, -0.25) is 9.59 Å². The Morgan fingerprint density at radius 3 is 2.52 bits per heavy atom. The van der Waals surface area contributed by atoms with Crippen LogP contribution in [0.4, 0.5) is 11.4 Å². The van der Waals surface area contributed by atoms with Crippen LogP contribution in [0.15, 0.2) is 47.6 Å². The molecule has 4 rings (SSSR count). The maximum atomic E-state index is 13.2. The highest BCUT2D eigenvalue weighted by Gasteiger charge is 2.30. The Hall–Kier alpha value is -3.35. The van der Waals surface area contributed by atoms with Gasteiger partial charge in [-0.05, 0) is 43.2 Å². The lowest BCUT2D eigenvalue weighted by Crippen LogP contribution is -2.51. The van der Waals surface area contributed by atoms with E-state index in [0.29, 0.717) is 31.6 Å². The summed E-state index contributed by atoms with van der Waals surface area (Å²) in [5, 5.41) is 5.90. The fraction of sp³-hybridized carbons (Fsp3) is 0.375. The van der Waals surface area contributed by atoms with Crippen molar-refractivity contribution in [2.75, 3.05) is 43.2 Å². The van der Waals surface area contributed by atoms with Crippen molar-refractivity contribution in [2.45, 2.75) is 26.7 Å². The molecule has 2 aromatic rings. The lowest BCUT2D eigenvalue weighted by Gasteiger charge is -2.37. The summed E-state index contributed by atoms with van der Waals surface area (Å²) < 4.78 is 5.32. The third-order valence-electron chi connectivity index (χ3n) is 5.86. The van der Waals surface area contributed by atoms with Crippen LogP contribution in [0, 0.1) is 13.8 Å². The van der Waals surface area contributed by atoms with Gasteiger partial charge in [0.25, 0.3) is 5.91 Å². The van der Waals surface area contributed by atoms with Crippen LogP contribution in [0.5, 0.6) is 5.75 Å². The molecule has 0 bridgehead atoms. The number of methoxy groups -OCH3 is 1. The standard InChI is InChI=1S/C24H28N4O3/c1-17-7-8-18(2)22(15-17)28-23(29)10-9-21(25-28)24(30)27-13-11-26(12-14-27)19-5-4-6-20(16-19)31-3/h4-8,15-16H,9-14H2,1-3H3. The van der Waals surface area contributed by atoms with Crippen molar-refractivity contribution in [3.63, 3.8) is 0 Å². The summed E-state index contributed by atoms with van der Waals surface area (Å²) in [4.78, 5) is 29.8. The summed E-state index contributed by atoms with van der Waals surface area (Å²) in [7, 11) is 1.66. The number of hydrogen-bond acceptors (Lipinski definition) is 5. The predicted octanol–water partition coefficient (Wildman–Crippen LogP) is 3.14. The quantitative estimate of drug-likeness (QED) is 0.762. The summed E-state index contributed by atoms with van der Waals surface area (Å²) >= 11 is 0. The Kier molecular flexibility index (Phi) is 5.93. The molecule has 31 heavy (non-hydrogen) atoms. The molecule has 0 radical (unpaired) electrons. The predicted molar refractivity (Wildman–Crippen MR) is 122 cm³/mol. The largest absolute Gasteiger partial charge is 0.497 e. The highest BCUT2D eigenvalue weighted by atomic mass is 16.5. The van der Waals surface area contributed by atoms with Gasteiger partial charge in [0.1, 0.15) is 11.5 Å². The first kappa shape index (κ1) is 20.9. The zero-order valence-electron chi connectivity index (χ0n) is 18.3. The molecule has 162 valence electrons. The van der Waals surface area contributed by atoms with Crippen LogP contribution >= 0.6 is 0 Å². The van der Waals surface area contributed by atoms with E-state index >= 15 is 0 Å². The molecule has 0 aromatic heterocycles. The lowest BCUT2D eigenvalue weighted by atomic mass is 10.1. The number of amides is 2. The smallest absolute Gasteiger partial charge is 0.270 e. The number of benzene rings is 2. The molecule has 2 amide bonds. The second kappa shape index (κ2) is 8.79. The Morgan fingerprint density at radius 1 is 1.00 bits per heavy atom. The van der Waals surface area contributed by atoms with Crippen molar-refractivity contribution in [3.05, 3.63) is 53.6 Å². The van der Waals surface area contributed by atoms with Gasteiger partial charge in [0, 0.05) is 50.8 Å². The molecular formula is C24H28N4O3. The first-order chi connectivity index (χ1) is 15.0. The van der Waals surface area contributed by atoms with Crippen LogP contribution in [-0.4, -0.2) is 55.7 Å². The number of aryl methyl sites for hydroxylation is 2. The number of anilines is 2. The van der Waals surface area contributed by atoms with E-state index in [1.807, 2.05) is 55.1 Å². The van der Waals surface area contributed by atoms with Crippen LogP contribution in [0.1, 0.15) is 24.0 Å². The number of carbonyl (C=O) groups is 2. The molecule has 7 heteroatoms. The van der Waals surface area contributed by atoms with Gasteiger partial charge >= 0.3 is 0 Å². The van der Waals surface area contributed by atoms with Crippen LogP contribution in [0.2, 0.25) is 0 Å². The van der Waals surface area contributed by atoms with Crippen molar-refractivity contribution in [3.8, 4) is 5.75 Å². The zero-order chi connectivity index (χ0) is 22.0. The molecule has 0 aliphatic carbocycles. The summed E-state index contributed by atoms with van der Waals surface area (Å²) in [6, 6.07) is 13.9. The van der Waals surface area contributed by atoms with Crippen LogP contribution in [-0.2, 0) is 9.59 Å². The van der Waals surface area contributed by atoms with Gasteiger partial charge in [0.2, 0.25) is 5.91 Å². The topological polar surface area (TPSA) is 65.5 Å². The van der Waals surface area contributed by atoms with Gasteiger partial charge in [0.05, 0.1) is 12.8 Å². The van der Waals surface area contributed by atoms with E-state index in [1.54, 1.807) is 7.11 Å². The van der Waals surface area contributed by atoms with Crippen molar-refractivity contribution in [2.24, 2.45) is 5.10 Å². The number of hydrogen-bond donors (Lipinski definition) is 0. The summed E-state index contributed by atoms with van der Waals surface area (Å²) in [5.41, 5.74) is 4.31. The fourth-order valence-electron chi connectivity index (χ4n) is 4.00. The average molecular weight is 421 g/mol. The Labute approximate surface area is 182 Å². The Balaban J connectivity index is 1.47. The molecule has 0 unspecified atom stereocenters. The summed E-state index contributed by atoms with van der Waals surface area (Å²) in [6.07, 6.45) is 0.677. The highest BCUT2D eigenvalue weighted by molar-refractivity contribution is 6.40. The molecule has 2 aromatic carbocycles. The minimum atomic E-state index is -0.0758. The van der Waals surface area contributed by atoms with Crippen molar-refractivity contribution in [1.29, 1.82) is 0 Å². The van der Waals surface area contributed by atoms with Gasteiger partial charge in [-0.15, -0.1) is 0 Å². The summed E-state index contributed by atoms with van der Waals surface area (Å²) in [5.74, 6) is 0.671. The second-order valence-electron chi connectivity index (χ2n) is 8.02. The monoisotopic (exact) mass is 420 g/mol. The SMILES string of the molecule is COc1cccc(N2CCN(C(=O)C3=NN(c4cc(C)ccc4C)C(=O)CC3)CC2)c1. The number of nitrogens with zero attached hydrogens (tertiary/aromatic N) is 4. The molecule has 0 atom stereocenters. The first-order valence-corrected chi connectivity index (χ1v) is 10.6. The molecule has 1 fully saturated rings. The van der Waals surface area contributed by atoms with Crippen molar-refractivity contribution >= 4 is 28.9 Å². The lowest BCUT2D eigenvalue weighted by molar-refractivity contribution is -0.124. The molecule has 2 heterocycles. The second-order valence-corrected chi connectivity index (χ2v) is 8.02. The van der Waals surface area contributed by atoms with E-state index in [-0.39, 0.29) is 11.8 Å². The zero-order valence-corrected chi connectivity index (χ0v) is 18.3. The van der Waals surface area contributed by atoms with Crippen LogP contribution < -0.4 is 14.6 Å². The van der Waals surface area contributed by atoms with E-state index in [4.69, 9.17) is 4.74 Å². The molecule has 7 nitrogen and oxygen atoms in total. The Bertz CT molecular complexity index is 1030. The maximum absolute atomic E-state index is 13.2. The molecular weight excluding hydrogens is 392 g/mol. The van der Waals surface area contributed by atoms with E-state index in [0.717, 1.165) is 41.3 Å². The normalized spacial score (nSPS) is 16.9. The first-order valence-electron chi connectivity index (χ1n) is 10.6.